The molecule has 1 atom stereocenters. The summed E-state index contributed by atoms with van der Waals surface area (Å²) in [5.41, 5.74) is 9.24. The summed E-state index contributed by atoms with van der Waals surface area (Å²) < 4.78 is 5.20. The van der Waals surface area contributed by atoms with Gasteiger partial charge in [0.2, 0.25) is 0 Å². The Hall–Kier alpha value is -1.22. The molecule has 1 aromatic carbocycles. The maximum Gasteiger partial charge on any atom is 0.142 e. The zero-order valence-corrected chi connectivity index (χ0v) is 8.63. The van der Waals surface area contributed by atoms with E-state index in [1.54, 1.807) is 7.11 Å². The predicted octanol–water partition coefficient (Wildman–Crippen LogP) is 1.48. The highest BCUT2D eigenvalue weighted by molar-refractivity contribution is 5.58. The van der Waals surface area contributed by atoms with Gasteiger partial charge >= 0.3 is 0 Å². The van der Waals surface area contributed by atoms with Crippen LogP contribution in [0.25, 0.3) is 0 Å². The van der Waals surface area contributed by atoms with Gasteiger partial charge in [-0.2, -0.15) is 0 Å². The second-order valence-corrected chi connectivity index (χ2v) is 3.72. The first kappa shape index (κ1) is 9.34. The minimum Gasteiger partial charge on any atom is -0.495 e. The summed E-state index contributed by atoms with van der Waals surface area (Å²) in [7, 11) is 1.66. The van der Waals surface area contributed by atoms with Gasteiger partial charge in [-0.05, 0) is 43.1 Å². The van der Waals surface area contributed by atoms with E-state index in [1.807, 2.05) is 6.07 Å². The van der Waals surface area contributed by atoms with E-state index in [2.05, 4.69) is 18.3 Å². The van der Waals surface area contributed by atoms with Gasteiger partial charge in [0.15, 0.2) is 0 Å². The lowest BCUT2D eigenvalue weighted by Crippen LogP contribution is -2.27. The molecular weight excluding hydrogens is 176 g/mol. The Morgan fingerprint density at radius 2 is 2.29 bits per heavy atom. The van der Waals surface area contributed by atoms with Crippen molar-refractivity contribution < 1.29 is 4.74 Å². The molecule has 0 aliphatic carbocycles. The third-order valence-electron chi connectivity index (χ3n) is 2.80. The largest absolute Gasteiger partial charge is 0.495 e. The molecule has 3 heteroatoms. The topological polar surface area (TPSA) is 47.3 Å². The van der Waals surface area contributed by atoms with Crippen LogP contribution >= 0.6 is 0 Å². The number of hydrogen-bond donors (Lipinski definition) is 2. The normalized spacial score (nSPS) is 20.3. The van der Waals surface area contributed by atoms with E-state index in [-0.39, 0.29) is 0 Å². The summed E-state index contributed by atoms with van der Waals surface area (Å²) >= 11 is 0. The van der Waals surface area contributed by atoms with Gasteiger partial charge in [0.25, 0.3) is 0 Å². The zero-order valence-electron chi connectivity index (χ0n) is 8.63. The Balaban J connectivity index is 2.48. The number of methoxy groups -OCH3 is 1. The number of anilines is 1. The van der Waals surface area contributed by atoms with Crippen molar-refractivity contribution in [1.82, 2.24) is 5.32 Å². The average Bonchev–Trinajstić information content (AvgIpc) is 2.19. The van der Waals surface area contributed by atoms with E-state index in [1.165, 1.54) is 11.1 Å². The van der Waals surface area contributed by atoms with Gasteiger partial charge in [-0.1, -0.05) is 0 Å². The van der Waals surface area contributed by atoms with E-state index in [4.69, 9.17) is 10.5 Å². The minimum atomic E-state index is 0.395. The Labute approximate surface area is 84.3 Å². The highest BCUT2D eigenvalue weighted by Gasteiger charge is 2.17. The number of rotatable bonds is 1. The molecule has 0 amide bonds. The van der Waals surface area contributed by atoms with Crippen LogP contribution in [0.15, 0.2) is 12.1 Å². The monoisotopic (exact) mass is 192 g/mol. The predicted molar refractivity (Wildman–Crippen MR) is 57.5 cm³/mol. The molecule has 1 heterocycles. The van der Waals surface area contributed by atoms with Crippen molar-refractivity contribution in [2.24, 2.45) is 0 Å². The van der Waals surface area contributed by atoms with Crippen LogP contribution in [-0.2, 0) is 6.42 Å². The first-order valence-corrected chi connectivity index (χ1v) is 4.92. The molecule has 0 saturated carbocycles. The van der Waals surface area contributed by atoms with Crippen LogP contribution in [0.4, 0.5) is 5.69 Å². The van der Waals surface area contributed by atoms with E-state index in [9.17, 15) is 0 Å². The number of nitrogens with two attached hydrogens (primary N) is 1. The zero-order chi connectivity index (χ0) is 10.1. The molecule has 0 radical (unpaired) electrons. The number of hydrogen-bond acceptors (Lipinski definition) is 3. The van der Waals surface area contributed by atoms with E-state index in [0.29, 0.717) is 6.04 Å². The summed E-state index contributed by atoms with van der Waals surface area (Å²) in [4.78, 5) is 0. The molecule has 0 fully saturated rings. The summed E-state index contributed by atoms with van der Waals surface area (Å²) in [5.74, 6) is 0.790. The van der Waals surface area contributed by atoms with E-state index >= 15 is 0 Å². The lowest BCUT2D eigenvalue weighted by molar-refractivity contribution is 0.415. The lowest BCUT2D eigenvalue weighted by Gasteiger charge is -2.25. The van der Waals surface area contributed by atoms with Gasteiger partial charge in [-0.3, -0.25) is 0 Å². The molecule has 1 aliphatic heterocycles. The molecule has 1 unspecified atom stereocenters. The van der Waals surface area contributed by atoms with Crippen LogP contribution in [-0.4, -0.2) is 13.7 Å². The highest BCUT2D eigenvalue weighted by Crippen LogP contribution is 2.31. The van der Waals surface area contributed by atoms with Crippen LogP contribution in [0.2, 0.25) is 0 Å². The standard InChI is InChI=1S/C11H16N2O/c1-7-9-6-10(12)11(14-2)5-8(9)3-4-13-7/h5-7,13H,3-4,12H2,1-2H3. The van der Waals surface area contributed by atoms with Crippen molar-refractivity contribution in [3.63, 3.8) is 0 Å². The van der Waals surface area contributed by atoms with Crippen LogP contribution in [0.5, 0.6) is 5.75 Å². The van der Waals surface area contributed by atoms with Gasteiger partial charge in [-0.15, -0.1) is 0 Å². The highest BCUT2D eigenvalue weighted by atomic mass is 16.5. The number of nitrogens with one attached hydrogen (secondary N) is 1. The quantitative estimate of drug-likeness (QED) is 0.663. The number of benzene rings is 1. The van der Waals surface area contributed by atoms with E-state index < -0.39 is 0 Å². The Bertz CT molecular complexity index is 349. The van der Waals surface area contributed by atoms with Crippen molar-refractivity contribution in [2.45, 2.75) is 19.4 Å². The molecule has 3 N–H and O–H groups in total. The number of fused-ring (bicyclic) bond motifs is 1. The fourth-order valence-electron chi connectivity index (χ4n) is 1.99. The summed E-state index contributed by atoms with van der Waals surface area (Å²) in [6, 6.07) is 4.47. The van der Waals surface area contributed by atoms with Crippen molar-refractivity contribution >= 4 is 5.69 Å². The molecule has 2 rings (SSSR count). The maximum absolute atomic E-state index is 5.86. The molecule has 0 spiro atoms. The molecule has 3 nitrogen and oxygen atoms in total. The van der Waals surface area contributed by atoms with Crippen LogP contribution in [0.3, 0.4) is 0 Å². The van der Waals surface area contributed by atoms with Crippen molar-refractivity contribution in [3.8, 4) is 5.75 Å². The molecule has 1 aromatic rings. The molecule has 1 aliphatic rings. The summed E-state index contributed by atoms with van der Waals surface area (Å²) in [6.45, 7) is 3.19. The second-order valence-electron chi connectivity index (χ2n) is 3.72. The fraction of sp³-hybridized carbons (Fsp3) is 0.455. The van der Waals surface area contributed by atoms with Crippen molar-refractivity contribution in [3.05, 3.63) is 23.3 Å². The average molecular weight is 192 g/mol. The van der Waals surface area contributed by atoms with Crippen molar-refractivity contribution in [2.75, 3.05) is 19.4 Å². The van der Waals surface area contributed by atoms with Gasteiger partial charge in [0, 0.05) is 6.04 Å². The summed E-state index contributed by atoms with van der Waals surface area (Å²) in [6.07, 6.45) is 1.05. The van der Waals surface area contributed by atoms with Crippen LogP contribution < -0.4 is 15.8 Å². The SMILES string of the molecule is COc1cc2c(cc1N)C(C)NCC2. The number of nitrogen functional groups attached to an aromatic ring is 1. The van der Waals surface area contributed by atoms with Gasteiger partial charge in [-0.25, -0.2) is 0 Å². The van der Waals surface area contributed by atoms with Crippen LogP contribution in [0, 0.1) is 0 Å². The molecule has 14 heavy (non-hydrogen) atoms. The van der Waals surface area contributed by atoms with Gasteiger partial charge < -0.3 is 15.8 Å². The molecule has 0 saturated heterocycles. The smallest absolute Gasteiger partial charge is 0.142 e. The third-order valence-corrected chi connectivity index (χ3v) is 2.80. The Kier molecular flexibility index (Phi) is 2.33. The van der Waals surface area contributed by atoms with Gasteiger partial charge in [0.1, 0.15) is 5.75 Å². The molecular formula is C11H16N2O. The maximum atomic E-state index is 5.86. The Morgan fingerprint density at radius 1 is 1.50 bits per heavy atom. The first-order chi connectivity index (χ1) is 6.72. The fourth-order valence-corrected chi connectivity index (χ4v) is 1.99. The second kappa shape index (κ2) is 3.50. The molecule has 0 bridgehead atoms. The molecule has 0 aromatic heterocycles. The summed E-state index contributed by atoms with van der Waals surface area (Å²) in [5, 5.41) is 3.41. The molecule has 76 valence electrons. The number of ether oxygens (including phenoxy) is 1. The third kappa shape index (κ3) is 1.44. The van der Waals surface area contributed by atoms with E-state index in [0.717, 1.165) is 24.4 Å². The van der Waals surface area contributed by atoms with Crippen molar-refractivity contribution in [1.29, 1.82) is 0 Å². The van der Waals surface area contributed by atoms with Gasteiger partial charge in [0.05, 0.1) is 12.8 Å². The Morgan fingerprint density at radius 3 is 3.00 bits per heavy atom. The minimum absolute atomic E-state index is 0.395. The first-order valence-electron chi connectivity index (χ1n) is 4.92. The lowest BCUT2D eigenvalue weighted by atomic mass is 9.94. The van der Waals surface area contributed by atoms with Crippen LogP contribution in [0.1, 0.15) is 24.1 Å².